The van der Waals surface area contributed by atoms with E-state index in [0.29, 0.717) is 12.3 Å². The number of aryl methyl sites for hydroxylation is 1. The molecule has 1 aromatic heterocycles. The summed E-state index contributed by atoms with van der Waals surface area (Å²) in [6, 6.07) is 20.5. The minimum absolute atomic E-state index is 0.0294. The van der Waals surface area contributed by atoms with Gasteiger partial charge in [0.05, 0.1) is 12.3 Å². The van der Waals surface area contributed by atoms with Gasteiger partial charge in [0, 0.05) is 12.2 Å². The number of thioether (sulfide) groups is 1. The molecule has 0 unspecified atom stereocenters. The van der Waals surface area contributed by atoms with E-state index in [0.717, 1.165) is 49.1 Å². The number of rotatable bonds is 10. The summed E-state index contributed by atoms with van der Waals surface area (Å²) in [7, 11) is 0. The Hall–Kier alpha value is -2.64. The third-order valence-electron chi connectivity index (χ3n) is 5.42. The molecule has 1 amide bonds. The van der Waals surface area contributed by atoms with Gasteiger partial charge in [-0.3, -0.25) is 14.3 Å². The molecule has 6 nitrogen and oxygen atoms in total. The zero-order valence-corrected chi connectivity index (χ0v) is 18.6. The zero-order chi connectivity index (χ0) is 21.3. The van der Waals surface area contributed by atoms with E-state index in [1.165, 1.54) is 30.2 Å². The van der Waals surface area contributed by atoms with Crippen LogP contribution in [0.4, 0.5) is 0 Å². The fourth-order valence-electron chi connectivity index (χ4n) is 3.82. The summed E-state index contributed by atoms with van der Waals surface area (Å²) in [6.07, 6.45) is 4.38. The Balaban J connectivity index is 1.33. The summed E-state index contributed by atoms with van der Waals surface area (Å²) in [5, 5.41) is 12.7. The Kier molecular flexibility index (Phi) is 7.74. The molecule has 2 aromatic carbocycles. The Morgan fingerprint density at radius 3 is 2.42 bits per heavy atom. The van der Waals surface area contributed by atoms with Gasteiger partial charge in [0.15, 0.2) is 11.0 Å². The first-order valence-electron chi connectivity index (χ1n) is 10.9. The first-order chi connectivity index (χ1) is 15.3. The normalized spacial score (nSPS) is 14.1. The maximum atomic E-state index is 12.4. The molecule has 1 fully saturated rings. The van der Waals surface area contributed by atoms with Crippen LogP contribution in [0.5, 0.6) is 0 Å². The van der Waals surface area contributed by atoms with Gasteiger partial charge in [-0.25, -0.2) is 0 Å². The van der Waals surface area contributed by atoms with Crippen molar-refractivity contribution in [1.82, 2.24) is 25.0 Å². The molecule has 1 aliphatic rings. The third kappa shape index (κ3) is 6.18. The molecule has 0 atom stereocenters. The summed E-state index contributed by atoms with van der Waals surface area (Å²) in [5.41, 5.74) is 2.33. The minimum atomic E-state index is 0.0294. The van der Waals surface area contributed by atoms with Crippen molar-refractivity contribution in [2.75, 3.05) is 25.4 Å². The highest BCUT2D eigenvalue weighted by Crippen LogP contribution is 2.23. The molecule has 4 rings (SSSR count). The van der Waals surface area contributed by atoms with Crippen molar-refractivity contribution in [3.05, 3.63) is 72.1 Å². The number of hydrogen-bond donors (Lipinski definition) is 1. The van der Waals surface area contributed by atoms with E-state index in [-0.39, 0.29) is 5.91 Å². The van der Waals surface area contributed by atoms with Gasteiger partial charge in [-0.15, -0.1) is 10.2 Å². The number of nitrogens with one attached hydrogen (secondary N) is 1. The van der Waals surface area contributed by atoms with Gasteiger partial charge in [0.25, 0.3) is 0 Å². The molecule has 0 bridgehead atoms. The topological polar surface area (TPSA) is 63.1 Å². The lowest BCUT2D eigenvalue weighted by molar-refractivity contribution is -0.118. The number of aromatic nitrogens is 3. The first kappa shape index (κ1) is 21.6. The summed E-state index contributed by atoms with van der Waals surface area (Å²) < 4.78 is 2.09. The number of para-hydroxylation sites is 1. The van der Waals surface area contributed by atoms with Crippen LogP contribution in [-0.2, 0) is 17.8 Å². The predicted octanol–water partition coefficient (Wildman–Crippen LogP) is 3.70. The van der Waals surface area contributed by atoms with Crippen LogP contribution in [0.25, 0.3) is 5.69 Å². The highest BCUT2D eigenvalue weighted by molar-refractivity contribution is 7.99. The lowest BCUT2D eigenvalue weighted by Gasteiger charge is -2.16. The highest BCUT2D eigenvalue weighted by Gasteiger charge is 2.20. The molecule has 31 heavy (non-hydrogen) atoms. The van der Waals surface area contributed by atoms with Crippen LogP contribution in [0.2, 0.25) is 0 Å². The monoisotopic (exact) mass is 435 g/mol. The molecule has 3 aromatic rings. The molecule has 0 saturated carbocycles. The van der Waals surface area contributed by atoms with Crippen LogP contribution in [-0.4, -0.2) is 51.0 Å². The number of benzene rings is 2. The maximum Gasteiger partial charge on any atom is 0.230 e. The smallest absolute Gasteiger partial charge is 0.230 e. The van der Waals surface area contributed by atoms with Crippen LogP contribution in [0.3, 0.4) is 0 Å². The average molecular weight is 436 g/mol. The molecule has 0 radical (unpaired) electrons. The summed E-state index contributed by atoms with van der Waals surface area (Å²) in [5.74, 6) is 1.29. The highest BCUT2D eigenvalue weighted by atomic mass is 32.2. The Morgan fingerprint density at radius 2 is 1.68 bits per heavy atom. The molecule has 1 N–H and O–H groups in total. The molecular formula is C24H29N5OS. The number of carbonyl (C=O) groups excluding carboxylic acids is 1. The van der Waals surface area contributed by atoms with Crippen molar-refractivity contribution in [3.63, 3.8) is 0 Å². The lowest BCUT2D eigenvalue weighted by atomic mass is 10.1. The standard InChI is InChI=1S/C24H29N5OS/c30-23(25-15-9-12-20-10-3-1-4-11-20)19-31-24-27-26-22(18-28-16-7-8-17-28)29(24)21-13-5-2-6-14-21/h1-6,10-11,13-14H,7-9,12,15-19H2,(H,25,30). The van der Waals surface area contributed by atoms with E-state index in [4.69, 9.17) is 0 Å². The largest absolute Gasteiger partial charge is 0.355 e. The van der Waals surface area contributed by atoms with Crippen LogP contribution in [0, 0.1) is 0 Å². The summed E-state index contributed by atoms with van der Waals surface area (Å²) in [6.45, 7) is 3.68. The molecule has 1 aliphatic heterocycles. The van der Waals surface area contributed by atoms with Crippen LogP contribution < -0.4 is 5.32 Å². The third-order valence-corrected chi connectivity index (χ3v) is 6.35. The van der Waals surface area contributed by atoms with Crippen molar-refractivity contribution >= 4 is 17.7 Å². The van der Waals surface area contributed by atoms with E-state index in [2.05, 4.69) is 49.2 Å². The van der Waals surface area contributed by atoms with E-state index >= 15 is 0 Å². The van der Waals surface area contributed by atoms with E-state index in [9.17, 15) is 4.79 Å². The van der Waals surface area contributed by atoms with Crippen LogP contribution >= 0.6 is 11.8 Å². The molecule has 0 spiro atoms. The van der Waals surface area contributed by atoms with Gasteiger partial charge in [-0.1, -0.05) is 60.3 Å². The van der Waals surface area contributed by atoms with Crippen LogP contribution in [0.15, 0.2) is 65.8 Å². The molecule has 1 saturated heterocycles. The van der Waals surface area contributed by atoms with Gasteiger partial charge in [0.2, 0.25) is 5.91 Å². The molecule has 162 valence electrons. The van der Waals surface area contributed by atoms with E-state index < -0.39 is 0 Å². The zero-order valence-electron chi connectivity index (χ0n) is 17.7. The lowest BCUT2D eigenvalue weighted by Crippen LogP contribution is -2.26. The predicted molar refractivity (Wildman–Crippen MR) is 124 cm³/mol. The second kappa shape index (κ2) is 11.1. The number of nitrogens with zero attached hydrogens (tertiary/aromatic N) is 4. The number of carbonyl (C=O) groups is 1. The first-order valence-corrected chi connectivity index (χ1v) is 11.9. The van der Waals surface area contributed by atoms with Gasteiger partial charge >= 0.3 is 0 Å². The number of hydrogen-bond acceptors (Lipinski definition) is 5. The summed E-state index contributed by atoms with van der Waals surface area (Å²) >= 11 is 1.44. The van der Waals surface area contributed by atoms with E-state index in [1.807, 2.05) is 36.4 Å². The van der Waals surface area contributed by atoms with Gasteiger partial charge in [-0.2, -0.15) is 0 Å². The maximum absolute atomic E-state index is 12.4. The van der Waals surface area contributed by atoms with Crippen molar-refractivity contribution in [3.8, 4) is 5.69 Å². The van der Waals surface area contributed by atoms with Gasteiger partial charge in [0.1, 0.15) is 0 Å². The Morgan fingerprint density at radius 1 is 0.968 bits per heavy atom. The fraction of sp³-hybridized carbons (Fsp3) is 0.375. The molecular weight excluding hydrogens is 406 g/mol. The second-order valence-corrected chi connectivity index (χ2v) is 8.72. The van der Waals surface area contributed by atoms with Gasteiger partial charge in [-0.05, 0) is 56.5 Å². The minimum Gasteiger partial charge on any atom is -0.355 e. The SMILES string of the molecule is O=C(CSc1nnc(CN2CCCC2)n1-c1ccccc1)NCCCc1ccccc1. The molecule has 0 aliphatic carbocycles. The van der Waals surface area contributed by atoms with Gasteiger partial charge < -0.3 is 5.32 Å². The second-order valence-electron chi connectivity index (χ2n) is 7.78. The fourth-order valence-corrected chi connectivity index (χ4v) is 4.62. The quantitative estimate of drug-likeness (QED) is 0.389. The number of likely N-dealkylation sites (tertiary alicyclic amines) is 1. The van der Waals surface area contributed by atoms with Crippen LogP contribution in [0.1, 0.15) is 30.7 Å². The summed E-state index contributed by atoms with van der Waals surface area (Å²) in [4.78, 5) is 14.8. The van der Waals surface area contributed by atoms with Crippen molar-refractivity contribution in [2.45, 2.75) is 37.4 Å². The van der Waals surface area contributed by atoms with Crippen molar-refractivity contribution < 1.29 is 4.79 Å². The Bertz CT molecular complexity index is 955. The van der Waals surface area contributed by atoms with Crippen molar-refractivity contribution in [2.24, 2.45) is 0 Å². The van der Waals surface area contributed by atoms with E-state index in [1.54, 1.807) is 0 Å². The molecule has 2 heterocycles. The Labute approximate surface area is 188 Å². The van der Waals surface area contributed by atoms with Crippen molar-refractivity contribution in [1.29, 1.82) is 0 Å². The number of amides is 1. The molecule has 7 heteroatoms. The average Bonchev–Trinajstić information content (AvgIpc) is 3.47.